The number of rotatable bonds is 6. The van der Waals surface area contributed by atoms with E-state index in [4.69, 9.17) is 0 Å². The van der Waals surface area contributed by atoms with Crippen LogP contribution in [0.1, 0.15) is 50.7 Å². The molecule has 0 unspecified atom stereocenters. The first kappa shape index (κ1) is 25.7. The van der Waals surface area contributed by atoms with Crippen molar-refractivity contribution in [2.45, 2.75) is 25.3 Å². The molecular weight excluding hydrogens is 474 g/mol. The molecule has 196 valence electrons. The molecule has 4 aromatic rings. The summed E-state index contributed by atoms with van der Waals surface area (Å²) in [4.78, 5) is 32.9. The maximum absolute atomic E-state index is 12.2. The van der Waals surface area contributed by atoms with E-state index in [1.165, 1.54) is 11.3 Å². The lowest BCUT2D eigenvalue weighted by Gasteiger charge is -2.32. The van der Waals surface area contributed by atoms with Gasteiger partial charge in [-0.05, 0) is 84.9 Å². The third kappa shape index (κ3) is 5.07. The molecule has 38 heavy (non-hydrogen) atoms. The maximum atomic E-state index is 12.2. The van der Waals surface area contributed by atoms with Crippen molar-refractivity contribution < 1.29 is 9.59 Å². The van der Waals surface area contributed by atoms with Crippen LogP contribution in [0.2, 0.25) is 0 Å². The number of nitrogens with zero attached hydrogens (tertiary/aromatic N) is 4. The summed E-state index contributed by atoms with van der Waals surface area (Å²) in [6.45, 7) is 2.95. The first-order valence-electron chi connectivity index (χ1n) is 13.2. The highest BCUT2D eigenvalue weighted by Crippen LogP contribution is 2.32. The quantitative estimate of drug-likeness (QED) is 0.410. The summed E-state index contributed by atoms with van der Waals surface area (Å²) in [7, 11) is 7.30. The van der Waals surface area contributed by atoms with E-state index in [-0.39, 0.29) is 11.8 Å². The monoisotopic (exact) mass is 509 g/mol. The molecule has 0 aliphatic carbocycles. The fourth-order valence-electron chi connectivity index (χ4n) is 5.43. The predicted octanol–water partition coefficient (Wildman–Crippen LogP) is 4.68. The van der Waals surface area contributed by atoms with E-state index in [2.05, 4.69) is 45.0 Å². The molecule has 2 aromatic heterocycles. The molecule has 3 heterocycles. The van der Waals surface area contributed by atoms with Crippen molar-refractivity contribution in [1.82, 2.24) is 24.7 Å². The second-order valence-electron chi connectivity index (χ2n) is 10.3. The van der Waals surface area contributed by atoms with E-state index < -0.39 is 0 Å². The number of nitrogens with one attached hydrogen (secondary N) is 1. The van der Waals surface area contributed by atoms with Crippen LogP contribution in [-0.4, -0.2) is 65.4 Å². The van der Waals surface area contributed by atoms with Crippen LogP contribution in [0, 0.1) is 0 Å². The fraction of sp³-hybridized carbons (Fsp3) is 0.323. The first-order valence-corrected chi connectivity index (χ1v) is 13.2. The van der Waals surface area contributed by atoms with Crippen molar-refractivity contribution in [2.75, 3.05) is 34.2 Å². The van der Waals surface area contributed by atoms with Crippen LogP contribution in [0.3, 0.4) is 0 Å². The topological polar surface area (TPSA) is 70.5 Å². The number of piperidine rings is 1. The highest BCUT2D eigenvalue weighted by atomic mass is 16.2. The van der Waals surface area contributed by atoms with Gasteiger partial charge in [-0.3, -0.25) is 14.5 Å². The Morgan fingerprint density at radius 2 is 1.63 bits per heavy atom. The molecule has 0 saturated carbocycles. The number of carbonyl (C=O) groups is 2. The minimum atomic E-state index is -0.0846. The van der Waals surface area contributed by atoms with Gasteiger partial charge in [-0.2, -0.15) is 0 Å². The normalized spacial score (nSPS) is 14.5. The van der Waals surface area contributed by atoms with E-state index in [0.717, 1.165) is 60.2 Å². The first-order chi connectivity index (χ1) is 18.4. The number of aryl methyl sites for hydroxylation is 1. The Morgan fingerprint density at radius 3 is 2.26 bits per heavy atom. The molecule has 5 rings (SSSR count). The minimum absolute atomic E-state index is 0.0416. The number of hydrogen-bond acceptors (Lipinski definition) is 4. The molecule has 1 fully saturated rings. The van der Waals surface area contributed by atoms with E-state index in [1.54, 1.807) is 26.0 Å². The fourth-order valence-corrected chi connectivity index (χ4v) is 5.43. The zero-order valence-electron chi connectivity index (χ0n) is 22.6. The van der Waals surface area contributed by atoms with E-state index in [1.807, 2.05) is 48.7 Å². The van der Waals surface area contributed by atoms with Gasteiger partial charge >= 0.3 is 0 Å². The highest BCUT2D eigenvalue weighted by Gasteiger charge is 2.22. The van der Waals surface area contributed by atoms with Gasteiger partial charge in [0, 0.05) is 63.1 Å². The lowest BCUT2D eigenvalue weighted by molar-refractivity contribution is 0.0827. The van der Waals surface area contributed by atoms with Crippen LogP contribution >= 0.6 is 0 Å². The number of amides is 2. The van der Waals surface area contributed by atoms with Gasteiger partial charge in [0.2, 0.25) is 0 Å². The van der Waals surface area contributed by atoms with Crippen molar-refractivity contribution in [3.8, 4) is 11.1 Å². The van der Waals surface area contributed by atoms with Crippen molar-refractivity contribution >= 4 is 22.8 Å². The van der Waals surface area contributed by atoms with Gasteiger partial charge in [-0.1, -0.05) is 24.3 Å². The molecule has 7 nitrogen and oxygen atoms in total. The zero-order chi connectivity index (χ0) is 26.8. The maximum Gasteiger partial charge on any atom is 0.253 e. The lowest BCUT2D eigenvalue weighted by atomic mass is 9.89. The van der Waals surface area contributed by atoms with Gasteiger partial charge in [0.1, 0.15) is 5.65 Å². The average molecular weight is 510 g/mol. The molecule has 2 amide bonds. The summed E-state index contributed by atoms with van der Waals surface area (Å²) in [5.41, 5.74) is 7.11. The Hall–Kier alpha value is -3.97. The van der Waals surface area contributed by atoms with Crippen molar-refractivity contribution in [3.05, 3.63) is 89.2 Å². The van der Waals surface area contributed by atoms with Crippen LogP contribution in [0.4, 0.5) is 0 Å². The molecule has 0 atom stereocenters. The summed E-state index contributed by atoms with van der Waals surface area (Å²) >= 11 is 0. The number of hydrogen-bond donors (Lipinski definition) is 1. The smallest absolute Gasteiger partial charge is 0.253 e. The molecule has 7 heteroatoms. The van der Waals surface area contributed by atoms with E-state index >= 15 is 0 Å². The van der Waals surface area contributed by atoms with Crippen LogP contribution in [-0.2, 0) is 13.6 Å². The van der Waals surface area contributed by atoms with Gasteiger partial charge in [0.05, 0.1) is 0 Å². The number of aromatic nitrogens is 2. The number of pyridine rings is 1. The highest BCUT2D eigenvalue weighted by molar-refractivity contribution is 5.97. The third-order valence-corrected chi connectivity index (χ3v) is 7.72. The summed E-state index contributed by atoms with van der Waals surface area (Å²) in [6.07, 6.45) is 4.06. The Balaban J connectivity index is 1.28. The van der Waals surface area contributed by atoms with Gasteiger partial charge in [-0.15, -0.1) is 0 Å². The Bertz CT molecular complexity index is 1450. The molecular formula is C31H35N5O2. The minimum Gasteiger partial charge on any atom is -0.355 e. The van der Waals surface area contributed by atoms with Crippen molar-refractivity contribution in [2.24, 2.45) is 7.05 Å². The van der Waals surface area contributed by atoms with Gasteiger partial charge < -0.3 is 14.8 Å². The zero-order valence-corrected chi connectivity index (χ0v) is 22.6. The second-order valence-corrected chi connectivity index (χ2v) is 10.3. The van der Waals surface area contributed by atoms with Gasteiger partial charge in [0.25, 0.3) is 11.8 Å². The molecule has 0 spiro atoms. The summed E-state index contributed by atoms with van der Waals surface area (Å²) < 4.78 is 2.20. The number of benzene rings is 2. The standard InChI is InChI=1S/C31H35N5O2/c1-32-30(37)24-9-7-23(8-10-24)27-13-16-33-29-28(27)19-26(35(29)4)20-36-17-14-22(15-18-36)21-5-11-25(12-6-21)31(38)34(2)3/h5-13,16,19,22H,14-15,17-18,20H2,1-4H3,(H,32,37). The lowest BCUT2D eigenvalue weighted by Crippen LogP contribution is -2.33. The SMILES string of the molecule is CNC(=O)c1ccc(-c2ccnc3c2cc(CN2CCC(c4ccc(C(=O)N(C)C)cc4)CC2)n3C)cc1. The van der Waals surface area contributed by atoms with Crippen LogP contribution in [0.5, 0.6) is 0 Å². The Kier molecular flexibility index (Phi) is 7.29. The number of likely N-dealkylation sites (tertiary alicyclic amines) is 1. The molecule has 0 bridgehead atoms. The molecule has 2 aromatic carbocycles. The summed E-state index contributed by atoms with van der Waals surface area (Å²) in [5, 5.41) is 3.80. The molecule has 1 aliphatic rings. The third-order valence-electron chi connectivity index (χ3n) is 7.72. The summed E-state index contributed by atoms with van der Waals surface area (Å²) in [5.74, 6) is 0.479. The van der Waals surface area contributed by atoms with Crippen LogP contribution in [0.15, 0.2) is 66.9 Å². The number of fused-ring (bicyclic) bond motifs is 1. The molecule has 1 saturated heterocycles. The molecule has 1 aliphatic heterocycles. The van der Waals surface area contributed by atoms with E-state index in [9.17, 15) is 9.59 Å². The van der Waals surface area contributed by atoms with Gasteiger partial charge in [-0.25, -0.2) is 4.98 Å². The summed E-state index contributed by atoms with van der Waals surface area (Å²) in [6, 6.07) is 20.2. The molecule has 1 N–H and O–H groups in total. The predicted molar refractivity (Wildman–Crippen MR) is 151 cm³/mol. The molecule has 0 radical (unpaired) electrons. The Labute approximate surface area is 224 Å². The number of carbonyl (C=O) groups excluding carboxylic acids is 2. The Morgan fingerprint density at radius 1 is 0.974 bits per heavy atom. The second kappa shape index (κ2) is 10.8. The average Bonchev–Trinajstić information content (AvgIpc) is 3.27. The van der Waals surface area contributed by atoms with Crippen LogP contribution < -0.4 is 5.32 Å². The van der Waals surface area contributed by atoms with Crippen molar-refractivity contribution in [3.63, 3.8) is 0 Å². The van der Waals surface area contributed by atoms with Crippen molar-refractivity contribution in [1.29, 1.82) is 0 Å². The van der Waals surface area contributed by atoms with E-state index in [0.29, 0.717) is 11.5 Å². The largest absolute Gasteiger partial charge is 0.355 e. The van der Waals surface area contributed by atoms with Gasteiger partial charge in [0.15, 0.2) is 0 Å². The van der Waals surface area contributed by atoms with Crippen LogP contribution in [0.25, 0.3) is 22.2 Å².